The summed E-state index contributed by atoms with van der Waals surface area (Å²) in [6, 6.07) is 1.85. The van der Waals surface area contributed by atoms with Gasteiger partial charge in [-0.3, -0.25) is 4.79 Å². The first kappa shape index (κ1) is 14.9. The van der Waals surface area contributed by atoms with E-state index >= 15 is 0 Å². The van der Waals surface area contributed by atoms with E-state index in [4.69, 9.17) is 4.74 Å². The Labute approximate surface area is 130 Å². The van der Waals surface area contributed by atoms with E-state index in [-0.39, 0.29) is 17.5 Å². The number of hydrogen-bond donors (Lipinski definition) is 0. The summed E-state index contributed by atoms with van der Waals surface area (Å²) in [4.78, 5) is 27.6. The van der Waals surface area contributed by atoms with Crippen molar-refractivity contribution in [3.8, 4) is 0 Å². The van der Waals surface area contributed by atoms with Crippen molar-refractivity contribution in [2.75, 3.05) is 26.7 Å². The predicted molar refractivity (Wildman–Crippen MR) is 81.8 cm³/mol. The Kier molecular flexibility index (Phi) is 3.23. The number of amides is 2. The van der Waals surface area contributed by atoms with Crippen molar-refractivity contribution in [3.63, 3.8) is 0 Å². The summed E-state index contributed by atoms with van der Waals surface area (Å²) < 4.78 is 7.52. The molecule has 2 fully saturated rings. The van der Waals surface area contributed by atoms with E-state index < -0.39 is 5.60 Å². The Morgan fingerprint density at radius 2 is 2.05 bits per heavy atom. The number of aromatic nitrogens is 1. The van der Waals surface area contributed by atoms with Gasteiger partial charge in [-0.05, 0) is 26.8 Å². The fourth-order valence-corrected chi connectivity index (χ4v) is 3.15. The Morgan fingerprint density at radius 3 is 2.59 bits per heavy atom. The zero-order valence-corrected chi connectivity index (χ0v) is 13.6. The summed E-state index contributed by atoms with van der Waals surface area (Å²) in [7, 11) is 1.73. The van der Waals surface area contributed by atoms with Crippen LogP contribution in [0.1, 0.15) is 37.6 Å². The molecule has 2 amide bonds. The van der Waals surface area contributed by atoms with E-state index in [1.165, 1.54) is 0 Å². The van der Waals surface area contributed by atoms with Crippen molar-refractivity contribution < 1.29 is 14.3 Å². The van der Waals surface area contributed by atoms with Crippen LogP contribution in [0.5, 0.6) is 0 Å². The molecule has 0 unspecified atom stereocenters. The van der Waals surface area contributed by atoms with Gasteiger partial charge in [-0.25, -0.2) is 4.79 Å². The van der Waals surface area contributed by atoms with E-state index in [0.29, 0.717) is 31.6 Å². The number of likely N-dealkylation sites (N-methyl/N-ethyl adjacent to an activating group) is 1. The molecule has 2 aliphatic rings. The highest BCUT2D eigenvalue weighted by Crippen LogP contribution is 2.32. The van der Waals surface area contributed by atoms with Gasteiger partial charge in [0, 0.05) is 37.9 Å². The van der Waals surface area contributed by atoms with Gasteiger partial charge in [-0.1, -0.05) is 0 Å². The van der Waals surface area contributed by atoms with Crippen LogP contribution < -0.4 is 0 Å². The summed E-state index contributed by atoms with van der Waals surface area (Å²) in [5, 5.41) is 0. The normalized spacial score (nSPS) is 25.2. The average Bonchev–Trinajstić information content (AvgIpc) is 3.09. The van der Waals surface area contributed by atoms with Crippen LogP contribution in [0.4, 0.5) is 4.79 Å². The fourth-order valence-electron chi connectivity index (χ4n) is 3.15. The van der Waals surface area contributed by atoms with Crippen molar-refractivity contribution in [1.29, 1.82) is 0 Å². The Hall–Kier alpha value is -1.98. The number of ether oxygens (including phenoxy) is 1. The second kappa shape index (κ2) is 4.76. The van der Waals surface area contributed by atoms with Crippen LogP contribution in [0.3, 0.4) is 0 Å². The van der Waals surface area contributed by atoms with Gasteiger partial charge in [-0.2, -0.15) is 0 Å². The van der Waals surface area contributed by atoms with E-state index in [0.717, 1.165) is 0 Å². The van der Waals surface area contributed by atoms with Gasteiger partial charge in [0.25, 0.3) is 5.91 Å². The summed E-state index contributed by atoms with van der Waals surface area (Å²) in [5.41, 5.74) is 0.118. The third-order valence-corrected chi connectivity index (χ3v) is 4.46. The largest absolute Gasteiger partial charge is 0.439 e. The summed E-state index contributed by atoms with van der Waals surface area (Å²) >= 11 is 0. The first-order valence-electron chi connectivity index (χ1n) is 7.62. The number of likely N-dealkylation sites (tertiary alicyclic amines) is 1. The van der Waals surface area contributed by atoms with Crippen LogP contribution in [0.2, 0.25) is 0 Å². The SMILES string of the molecule is CN1C[C@]2(CCN(C(=O)c3ccn(C(C)(C)C)c3)C2)OC1=O. The maximum absolute atomic E-state index is 12.6. The van der Waals surface area contributed by atoms with E-state index in [1.54, 1.807) is 16.8 Å². The number of hydrogen-bond acceptors (Lipinski definition) is 3. The van der Waals surface area contributed by atoms with Crippen LogP contribution >= 0.6 is 0 Å². The molecule has 0 N–H and O–H groups in total. The van der Waals surface area contributed by atoms with Gasteiger partial charge in [0.05, 0.1) is 18.7 Å². The molecule has 1 aromatic rings. The van der Waals surface area contributed by atoms with Crippen molar-refractivity contribution in [2.24, 2.45) is 0 Å². The smallest absolute Gasteiger partial charge is 0.410 e. The average molecular weight is 305 g/mol. The van der Waals surface area contributed by atoms with Crippen LogP contribution in [-0.4, -0.2) is 58.7 Å². The Balaban J connectivity index is 1.72. The fraction of sp³-hybridized carbons (Fsp3) is 0.625. The van der Waals surface area contributed by atoms with Gasteiger partial charge >= 0.3 is 6.09 Å². The highest BCUT2D eigenvalue weighted by atomic mass is 16.6. The van der Waals surface area contributed by atoms with Crippen molar-refractivity contribution in [2.45, 2.75) is 38.3 Å². The van der Waals surface area contributed by atoms with E-state index in [9.17, 15) is 9.59 Å². The highest BCUT2D eigenvalue weighted by Gasteiger charge is 2.49. The highest BCUT2D eigenvalue weighted by molar-refractivity contribution is 5.94. The second-order valence-corrected chi connectivity index (χ2v) is 7.36. The van der Waals surface area contributed by atoms with Gasteiger partial charge in [-0.15, -0.1) is 0 Å². The molecule has 3 heterocycles. The van der Waals surface area contributed by atoms with Crippen LogP contribution in [0.15, 0.2) is 18.5 Å². The molecule has 2 aliphatic heterocycles. The van der Waals surface area contributed by atoms with Gasteiger partial charge < -0.3 is 19.1 Å². The minimum absolute atomic E-state index is 0.00507. The van der Waals surface area contributed by atoms with Crippen molar-refractivity contribution >= 4 is 12.0 Å². The lowest BCUT2D eigenvalue weighted by molar-refractivity contribution is 0.0553. The van der Waals surface area contributed by atoms with Crippen LogP contribution in [0.25, 0.3) is 0 Å². The lowest BCUT2D eigenvalue weighted by Crippen LogP contribution is -2.39. The molecule has 22 heavy (non-hydrogen) atoms. The van der Waals surface area contributed by atoms with Crippen LogP contribution in [0, 0.1) is 0 Å². The lowest BCUT2D eigenvalue weighted by Gasteiger charge is -2.22. The molecular formula is C16H23N3O3. The third kappa shape index (κ3) is 2.46. The molecule has 1 atom stereocenters. The Bertz CT molecular complexity index is 616. The number of nitrogens with zero attached hydrogens (tertiary/aromatic N) is 3. The topological polar surface area (TPSA) is 54.8 Å². The van der Waals surface area contributed by atoms with E-state index in [2.05, 4.69) is 20.8 Å². The van der Waals surface area contributed by atoms with Gasteiger partial charge in [0.1, 0.15) is 0 Å². The molecule has 1 spiro atoms. The molecule has 120 valence electrons. The monoisotopic (exact) mass is 305 g/mol. The van der Waals surface area contributed by atoms with Gasteiger partial charge in [0.15, 0.2) is 5.60 Å². The molecule has 2 saturated heterocycles. The number of carbonyl (C=O) groups excluding carboxylic acids is 2. The molecular weight excluding hydrogens is 282 g/mol. The predicted octanol–water partition coefficient (Wildman–Crippen LogP) is 1.91. The molecule has 6 nitrogen and oxygen atoms in total. The molecule has 6 heteroatoms. The molecule has 3 rings (SSSR count). The molecule has 0 aliphatic carbocycles. The number of rotatable bonds is 1. The van der Waals surface area contributed by atoms with Crippen LogP contribution in [-0.2, 0) is 10.3 Å². The van der Waals surface area contributed by atoms with Crippen molar-refractivity contribution in [3.05, 3.63) is 24.0 Å². The molecule has 1 aromatic heterocycles. The molecule has 0 saturated carbocycles. The maximum atomic E-state index is 12.6. The zero-order chi connectivity index (χ0) is 16.1. The molecule has 0 aromatic carbocycles. The number of carbonyl (C=O) groups is 2. The summed E-state index contributed by atoms with van der Waals surface area (Å²) in [5.74, 6) is 0.00507. The third-order valence-electron chi connectivity index (χ3n) is 4.46. The standard InChI is InChI=1S/C16H23N3O3/c1-15(2,3)19-7-5-12(9-19)13(20)18-8-6-16(11-18)10-17(4)14(21)22-16/h5,7,9H,6,8,10-11H2,1-4H3/t16-/m0/s1. The first-order valence-corrected chi connectivity index (χ1v) is 7.62. The molecule has 0 bridgehead atoms. The summed E-state index contributed by atoms with van der Waals surface area (Å²) in [6.07, 6.45) is 4.23. The lowest BCUT2D eigenvalue weighted by atomic mass is 10.0. The maximum Gasteiger partial charge on any atom is 0.410 e. The summed E-state index contributed by atoms with van der Waals surface area (Å²) in [6.45, 7) is 7.95. The quantitative estimate of drug-likeness (QED) is 0.796. The van der Waals surface area contributed by atoms with Crippen molar-refractivity contribution in [1.82, 2.24) is 14.4 Å². The minimum Gasteiger partial charge on any atom is -0.439 e. The molecule has 0 radical (unpaired) electrons. The first-order chi connectivity index (χ1) is 10.2. The minimum atomic E-state index is -0.520. The van der Waals surface area contributed by atoms with Gasteiger partial charge in [0.2, 0.25) is 0 Å². The second-order valence-electron chi connectivity index (χ2n) is 7.36. The zero-order valence-electron chi connectivity index (χ0n) is 13.6. The van der Waals surface area contributed by atoms with E-state index in [1.807, 2.05) is 23.0 Å². The Morgan fingerprint density at radius 1 is 1.32 bits per heavy atom.